The summed E-state index contributed by atoms with van der Waals surface area (Å²) < 4.78 is 49.0. The van der Waals surface area contributed by atoms with Crippen LogP contribution in [0.3, 0.4) is 0 Å². The summed E-state index contributed by atoms with van der Waals surface area (Å²) in [5.74, 6) is -5.11. The molecule has 0 aliphatic carbocycles. The van der Waals surface area contributed by atoms with Crippen molar-refractivity contribution in [3.8, 4) is 5.75 Å². The Balaban J connectivity index is 1.60. The molecule has 3 atom stereocenters. The lowest BCUT2D eigenvalue weighted by Crippen LogP contribution is -2.52. The molecule has 1 aromatic carbocycles. The third-order valence-corrected chi connectivity index (χ3v) is 7.98. The van der Waals surface area contributed by atoms with Gasteiger partial charge in [0, 0.05) is 49.4 Å². The van der Waals surface area contributed by atoms with Crippen molar-refractivity contribution in [2.45, 2.75) is 70.2 Å². The molecule has 4 heterocycles. The highest BCUT2D eigenvalue weighted by atomic mass is 35.5. The molecule has 3 aliphatic rings. The summed E-state index contributed by atoms with van der Waals surface area (Å²) in [6.07, 6.45) is 3.97. The number of ether oxygens (including phenoxy) is 1. The number of amides is 2. The molecule has 2 bridgehead atoms. The van der Waals surface area contributed by atoms with Crippen LogP contribution in [0.15, 0.2) is 28.3 Å². The zero-order valence-electron chi connectivity index (χ0n) is 21.9. The highest BCUT2D eigenvalue weighted by molar-refractivity contribution is 6.65. The number of fused-ring (bicyclic) bond motifs is 5. The van der Waals surface area contributed by atoms with Crippen molar-refractivity contribution in [3.05, 3.63) is 62.8 Å². The molecule has 1 spiro atoms. The van der Waals surface area contributed by atoms with E-state index in [0.717, 1.165) is 6.42 Å². The lowest BCUT2D eigenvalue weighted by Gasteiger charge is -2.42. The van der Waals surface area contributed by atoms with Gasteiger partial charge in [-0.3, -0.25) is 14.4 Å². The van der Waals surface area contributed by atoms with Crippen molar-refractivity contribution in [1.29, 1.82) is 0 Å². The van der Waals surface area contributed by atoms with E-state index in [4.69, 9.17) is 21.2 Å². The summed E-state index contributed by atoms with van der Waals surface area (Å²) in [5, 5.41) is 6.56. The highest BCUT2D eigenvalue weighted by Crippen LogP contribution is 2.46. The van der Waals surface area contributed by atoms with Gasteiger partial charge in [-0.25, -0.2) is 13.2 Å². The minimum Gasteiger partial charge on any atom is -0.487 e. The lowest BCUT2D eigenvalue weighted by atomic mass is 9.85. The van der Waals surface area contributed by atoms with Gasteiger partial charge in [-0.05, 0) is 26.2 Å². The van der Waals surface area contributed by atoms with Gasteiger partial charge in [-0.2, -0.15) is 0 Å². The number of rotatable bonds is 7. The van der Waals surface area contributed by atoms with Gasteiger partial charge in [0.05, 0.1) is 12.6 Å². The molecule has 0 radical (unpaired) electrons. The van der Waals surface area contributed by atoms with Gasteiger partial charge in [0.2, 0.25) is 5.43 Å². The number of carbonyl (C=O) groups is 2. The monoisotopic (exact) mass is 580 g/mol. The van der Waals surface area contributed by atoms with Gasteiger partial charge in [0.25, 0.3) is 11.8 Å². The SMILES string of the molecule is CCCCOc1c2n(cc(C(=O)NCc3c(F)cc(F)cc3F)c1=O)[C@@H]1CN(C2=O)[C@@H](C)CC[C@]12CC(Cl)=NO2. The molecule has 5 rings (SSSR count). The number of aromatic nitrogens is 1. The number of carbonyl (C=O) groups excluding carboxylic acids is 2. The van der Waals surface area contributed by atoms with Crippen molar-refractivity contribution >= 4 is 28.6 Å². The molecule has 0 unspecified atom stereocenters. The van der Waals surface area contributed by atoms with Crippen LogP contribution in [0, 0.1) is 17.5 Å². The number of halogens is 4. The zero-order chi connectivity index (χ0) is 28.8. The van der Waals surface area contributed by atoms with E-state index in [-0.39, 0.29) is 42.2 Å². The quantitative estimate of drug-likeness (QED) is 0.493. The third-order valence-electron chi connectivity index (χ3n) is 7.78. The van der Waals surface area contributed by atoms with Gasteiger partial charge >= 0.3 is 0 Å². The molecule has 0 saturated carbocycles. The van der Waals surface area contributed by atoms with E-state index in [1.54, 1.807) is 4.90 Å². The van der Waals surface area contributed by atoms with Crippen LogP contribution in [0.25, 0.3) is 0 Å². The van der Waals surface area contributed by atoms with Crippen molar-refractivity contribution in [1.82, 2.24) is 14.8 Å². The lowest BCUT2D eigenvalue weighted by molar-refractivity contribution is -0.0656. The average molecular weight is 581 g/mol. The Morgan fingerprint density at radius 3 is 2.65 bits per heavy atom. The predicted molar refractivity (Wildman–Crippen MR) is 139 cm³/mol. The Bertz CT molecular complexity index is 1440. The molecule has 13 heteroatoms. The van der Waals surface area contributed by atoms with Crippen LogP contribution in [0.5, 0.6) is 5.75 Å². The molecule has 9 nitrogen and oxygen atoms in total. The van der Waals surface area contributed by atoms with Gasteiger partial charge in [-0.1, -0.05) is 30.1 Å². The minimum atomic E-state index is -1.18. The van der Waals surface area contributed by atoms with E-state index >= 15 is 0 Å². The normalized spacial score (nSPS) is 23.4. The molecule has 40 heavy (non-hydrogen) atoms. The van der Waals surface area contributed by atoms with Crippen molar-refractivity contribution in [2.24, 2.45) is 5.16 Å². The fraction of sp³-hybridized carbons (Fsp3) is 0.481. The smallest absolute Gasteiger partial charge is 0.274 e. The number of pyridine rings is 1. The molecule has 1 saturated heterocycles. The van der Waals surface area contributed by atoms with Crippen molar-refractivity contribution < 1.29 is 32.3 Å². The van der Waals surface area contributed by atoms with Crippen molar-refractivity contribution in [2.75, 3.05) is 13.2 Å². The molecule has 1 fully saturated rings. The van der Waals surface area contributed by atoms with Crippen LogP contribution < -0.4 is 15.5 Å². The first-order chi connectivity index (χ1) is 19.1. The number of oxime groups is 1. The first kappa shape index (κ1) is 28.0. The number of benzene rings is 1. The summed E-state index contributed by atoms with van der Waals surface area (Å²) >= 11 is 6.23. The summed E-state index contributed by atoms with van der Waals surface area (Å²) in [6, 6.07) is 0.249. The summed E-state index contributed by atoms with van der Waals surface area (Å²) in [4.78, 5) is 48.2. The Hall–Kier alpha value is -3.54. The van der Waals surface area contributed by atoms with Crippen LogP contribution in [0.4, 0.5) is 13.2 Å². The Labute approximate surface area is 232 Å². The van der Waals surface area contributed by atoms with Crippen LogP contribution in [0.1, 0.15) is 78.4 Å². The standard InChI is InChI=1S/C27H28ClF3N4O5/c1-3-4-7-39-24-22-26(38)34-13-20(27(6-5-14(34)2)10-21(28)33-40-27)35(22)12-17(23(24)36)25(37)32-11-16-18(30)8-15(29)9-19(16)31/h8-9,12,14,20H,3-7,10-11,13H2,1-2H3,(H,32,37)/t14-,20+,27-/m0/s1. The fourth-order valence-electron chi connectivity index (χ4n) is 5.52. The van der Waals surface area contributed by atoms with E-state index in [1.165, 1.54) is 10.8 Å². The molecule has 1 aromatic heterocycles. The Morgan fingerprint density at radius 2 is 2.00 bits per heavy atom. The molecular formula is C27H28ClF3N4O5. The Kier molecular flexibility index (Phi) is 7.56. The van der Waals surface area contributed by atoms with E-state index < -0.39 is 64.0 Å². The van der Waals surface area contributed by atoms with Crippen LogP contribution in [-0.4, -0.2) is 51.2 Å². The van der Waals surface area contributed by atoms with Crippen LogP contribution in [0.2, 0.25) is 0 Å². The maximum Gasteiger partial charge on any atom is 0.274 e. The number of hydrogen-bond acceptors (Lipinski definition) is 6. The number of unbranched alkanes of at least 4 members (excludes halogenated alkanes) is 1. The van der Waals surface area contributed by atoms with Gasteiger partial charge in [0.15, 0.2) is 17.0 Å². The first-order valence-electron chi connectivity index (χ1n) is 13.1. The second kappa shape index (κ2) is 10.8. The van der Waals surface area contributed by atoms with Crippen LogP contribution in [-0.2, 0) is 11.4 Å². The second-order valence-electron chi connectivity index (χ2n) is 10.4. The second-order valence-corrected chi connectivity index (χ2v) is 10.8. The molecule has 2 amide bonds. The van der Waals surface area contributed by atoms with Gasteiger partial charge < -0.3 is 24.4 Å². The molecular weight excluding hydrogens is 553 g/mol. The van der Waals surface area contributed by atoms with Gasteiger partial charge in [0.1, 0.15) is 28.2 Å². The summed E-state index contributed by atoms with van der Waals surface area (Å²) in [7, 11) is 0. The number of nitrogens with zero attached hydrogens (tertiary/aromatic N) is 3. The number of nitrogens with one attached hydrogen (secondary N) is 1. The van der Waals surface area contributed by atoms with E-state index in [0.29, 0.717) is 31.4 Å². The summed E-state index contributed by atoms with van der Waals surface area (Å²) in [6.45, 7) is 3.54. The maximum absolute atomic E-state index is 14.2. The van der Waals surface area contributed by atoms with Crippen LogP contribution >= 0.6 is 11.6 Å². The number of hydrogen-bond donors (Lipinski definition) is 1. The van der Waals surface area contributed by atoms with E-state index in [1.807, 2.05) is 13.8 Å². The molecule has 3 aliphatic heterocycles. The zero-order valence-corrected chi connectivity index (χ0v) is 22.7. The average Bonchev–Trinajstić information content (AvgIpc) is 3.23. The minimum absolute atomic E-state index is 0.00993. The Morgan fingerprint density at radius 1 is 1.27 bits per heavy atom. The third kappa shape index (κ3) is 4.82. The summed E-state index contributed by atoms with van der Waals surface area (Å²) in [5.41, 5.74) is -2.74. The van der Waals surface area contributed by atoms with E-state index in [2.05, 4.69) is 10.5 Å². The van der Waals surface area contributed by atoms with Gasteiger partial charge in [-0.15, -0.1) is 0 Å². The molecule has 1 N–H and O–H groups in total. The van der Waals surface area contributed by atoms with Crippen molar-refractivity contribution in [3.63, 3.8) is 0 Å². The highest BCUT2D eigenvalue weighted by Gasteiger charge is 2.54. The molecule has 214 valence electrons. The maximum atomic E-state index is 14.2. The first-order valence-corrected chi connectivity index (χ1v) is 13.5. The molecule has 2 aromatic rings. The van der Waals surface area contributed by atoms with E-state index in [9.17, 15) is 27.6 Å². The fourth-order valence-corrected chi connectivity index (χ4v) is 5.78. The largest absolute Gasteiger partial charge is 0.487 e. The topological polar surface area (TPSA) is 102 Å². The predicted octanol–water partition coefficient (Wildman–Crippen LogP) is 4.27.